The molecule has 1 heterocycles. The fraction of sp³-hybridized carbons (Fsp3) is 0.929. The molecule has 18 heavy (non-hydrogen) atoms. The lowest BCUT2D eigenvalue weighted by molar-refractivity contribution is -0.137. The van der Waals surface area contributed by atoms with E-state index in [-0.39, 0.29) is 0 Å². The van der Waals surface area contributed by atoms with Crippen LogP contribution in [0.3, 0.4) is 0 Å². The van der Waals surface area contributed by atoms with Gasteiger partial charge in [0, 0.05) is 37.6 Å². The number of nitrogens with zero attached hydrogens (tertiary/aromatic N) is 1. The van der Waals surface area contributed by atoms with Gasteiger partial charge in [-0.3, -0.25) is 9.69 Å². The Labute approximate surface area is 109 Å². The van der Waals surface area contributed by atoms with Gasteiger partial charge in [-0.05, 0) is 44.4 Å². The molecule has 0 spiro atoms. The van der Waals surface area contributed by atoms with Crippen molar-refractivity contribution in [1.29, 1.82) is 0 Å². The maximum absolute atomic E-state index is 10.7. The van der Waals surface area contributed by atoms with Gasteiger partial charge in [0.25, 0.3) is 0 Å². The molecule has 102 valence electrons. The number of carboxylic acid groups (broad SMARTS) is 1. The zero-order valence-corrected chi connectivity index (χ0v) is 11.0. The van der Waals surface area contributed by atoms with Gasteiger partial charge < -0.3 is 10.4 Å². The third-order valence-electron chi connectivity index (χ3n) is 4.44. The van der Waals surface area contributed by atoms with Crippen LogP contribution in [0.15, 0.2) is 0 Å². The van der Waals surface area contributed by atoms with Crippen molar-refractivity contribution in [1.82, 2.24) is 10.2 Å². The minimum atomic E-state index is -0.648. The molecular formula is C14H24N2O2. The van der Waals surface area contributed by atoms with Crippen molar-refractivity contribution in [2.75, 3.05) is 13.1 Å². The third-order valence-corrected chi connectivity index (χ3v) is 4.44. The highest BCUT2D eigenvalue weighted by molar-refractivity contribution is 5.66. The van der Waals surface area contributed by atoms with E-state index in [9.17, 15) is 4.79 Å². The summed E-state index contributed by atoms with van der Waals surface area (Å²) in [5.41, 5.74) is 0. The molecule has 0 amide bonds. The van der Waals surface area contributed by atoms with Crippen LogP contribution in [0.5, 0.6) is 0 Å². The number of nitrogens with one attached hydrogen (secondary N) is 1. The van der Waals surface area contributed by atoms with Crippen LogP contribution in [0.25, 0.3) is 0 Å². The quantitative estimate of drug-likeness (QED) is 0.751. The van der Waals surface area contributed by atoms with Crippen LogP contribution in [-0.4, -0.2) is 47.2 Å². The molecule has 2 N–H and O–H groups in total. The second-order valence-corrected chi connectivity index (χ2v) is 6.36. The lowest BCUT2D eigenvalue weighted by atomic mass is 9.90. The zero-order valence-electron chi connectivity index (χ0n) is 11.0. The molecule has 1 saturated heterocycles. The highest BCUT2D eigenvalue weighted by Crippen LogP contribution is 2.33. The van der Waals surface area contributed by atoms with Gasteiger partial charge in [-0.15, -0.1) is 0 Å². The monoisotopic (exact) mass is 252 g/mol. The summed E-state index contributed by atoms with van der Waals surface area (Å²) in [6.45, 7) is 2.31. The Kier molecular flexibility index (Phi) is 3.57. The molecule has 3 aliphatic rings. The first kappa shape index (κ1) is 12.4. The Morgan fingerprint density at radius 1 is 1.17 bits per heavy atom. The number of carbonyl (C=O) groups is 1. The van der Waals surface area contributed by atoms with Gasteiger partial charge in [0.05, 0.1) is 0 Å². The van der Waals surface area contributed by atoms with Gasteiger partial charge in [-0.25, -0.2) is 0 Å². The van der Waals surface area contributed by atoms with E-state index in [0.717, 1.165) is 25.0 Å². The highest BCUT2D eigenvalue weighted by Gasteiger charge is 2.37. The van der Waals surface area contributed by atoms with E-state index < -0.39 is 5.97 Å². The summed E-state index contributed by atoms with van der Waals surface area (Å²) < 4.78 is 0. The molecule has 0 aromatic carbocycles. The lowest BCUT2D eigenvalue weighted by Gasteiger charge is -2.38. The number of aliphatic carboxylic acids is 1. The maximum Gasteiger partial charge on any atom is 0.303 e. The van der Waals surface area contributed by atoms with Crippen molar-refractivity contribution < 1.29 is 9.90 Å². The van der Waals surface area contributed by atoms with Crippen molar-refractivity contribution in [2.24, 2.45) is 5.92 Å². The molecule has 0 aromatic heterocycles. The van der Waals surface area contributed by atoms with E-state index >= 15 is 0 Å². The Morgan fingerprint density at radius 3 is 2.56 bits per heavy atom. The van der Waals surface area contributed by atoms with Crippen molar-refractivity contribution in [3.8, 4) is 0 Å². The molecule has 4 heteroatoms. The second kappa shape index (κ2) is 5.17. The summed E-state index contributed by atoms with van der Waals surface area (Å²) in [5, 5.41) is 12.6. The molecule has 3 fully saturated rings. The fourth-order valence-electron chi connectivity index (χ4n) is 3.22. The number of piperidine rings is 1. The van der Waals surface area contributed by atoms with Crippen LogP contribution in [0.2, 0.25) is 0 Å². The Bertz CT molecular complexity index is 313. The summed E-state index contributed by atoms with van der Waals surface area (Å²) in [6, 6.07) is 2.17. The minimum Gasteiger partial charge on any atom is -0.481 e. The average Bonchev–Trinajstić information content (AvgIpc) is 3.18. The van der Waals surface area contributed by atoms with Crippen molar-refractivity contribution in [3.63, 3.8) is 0 Å². The first-order valence-corrected chi connectivity index (χ1v) is 7.42. The Balaban J connectivity index is 1.52. The number of carboxylic acids is 1. The van der Waals surface area contributed by atoms with Crippen LogP contribution in [0, 0.1) is 5.92 Å². The molecule has 2 unspecified atom stereocenters. The van der Waals surface area contributed by atoms with Crippen molar-refractivity contribution in [3.05, 3.63) is 0 Å². The first-order chi connectivity index (χ1) is 8.70. The van der Waals surface area contributed by atoms with Gasteiger partial charge in [0.1, 0.15) is 0 Å². The topological polar surface area (TPSA) is 52.6 Å². The fourth-order valence-corrected chi connectivity index (χ4v) is 3.22. The largest absolute Gasteiger partial charge is 0.481 e. The summed E-state index contributed by atoms with van der Waals surface area (Å²) in [6.07, 6.45) is 7.72. The highest BCUT2D eigenvalue weighted by atomic mass is 16.4. The molecule has 3 rings (SSSR count). The molecule has 2 atom stereocenters. The third kappa shape index (κ3) is 3.45. The van der Waals surface area contributed by atoms with E-state index in [4.69, 9.17) is 5.11 Å². The van der Waals surface area contributed by atoms with E-state index in [1.54, 1.807) is 0 Å². The average molecular weight is 252 g/mol. The number of likely N-dealkylation sites (tertiary alicyclic amines) is 1. The van der Waals surface area contributed by atoms with Crippen LogP contribution < -0.4 is 5.32 Å². The normalized spacial score (nSPS) is 33.6. The molecule has 2 saturated carbocycles. The maximum atomic E-state index is 10.7. The van der Waals surface area contributed by atoms with Gasteiger partial charge in [-0.2, -0.15) is 0 Å². The molecule has 0 radical (unpaired) electrons. The number of rotatable bonds is 6. The smallest absolute Gasteiger partial charge is 0.303 e. The van der Waals surface area contributed by atoms with Crippen molar-refractivity contribution >= 4 is 5.97 Å². The molecule has 4 nitrogen and oxygen atoms in total. The van der Waals surface area contributed by atoms with Gasteiger partial charge in [0.15, 0.2) is 0 Å². The van der Waals surface area contributed by atoms with Crippen LogP contribution in [-0.2, 0) is 4.79 Å². The molecule has 0 aromatic rings. The second-order valence-electron chi connectivity index (χ2n) is 6.36. The number of hydrogen-bond donors (Lipinski definition) is 2. The molecule has 2 aliphatic carbocycles. The molecular weight excluding hydrogens is 228 g/mol. The molecule has 1 aliphatic heterocycles. The SMILES string of the molecule is O=C(O)CCC1CC(NC2CC2)CN(C2CC2)C1. The predicted molar refractivity (Wildman–Crippen MR) is 69.5 cm³/mol. The van der Waals surface area contributed by atoms with Crippen molar-refractivity contribution in [2.45, 2.75) is 63.1 Å². The van der Waals surface area contributed by atoms with E-state index in [1.165, 1.54) is 38.6 Å². The summed E-state index contributed by atoms with van der Waals surface area (Å²) in [7, 11) is 0. The van der Waals surface area contributed by atoms with E-state index in [0.29, 0.717) is 18.4 Å². The van der Waals surface area contributed by atoms with Crippen LogP contribution >= 0.6 is 0 Å². The lowest BCUT2D eigenvalue weighted by Crippen LogP contribution is -2.50. The first-order valence-electron chi connectivity index (χ1n) is 7.42. The number of hydrogen-bond acceptors (Lipinski definition) is 3. The summed E-state index contributed by atoms with van der Waals surface area (Å²) >= 11 is 0. The van der Waals surface area contributed by atoms with Crippen LogP contribution in [0.4, 0.5) is 0 Å². The Morgan fingerprint density at radius 2 is 1.94 bits per heavy atom. The van der Waals surface area contributed by atoms with Crippen LogP contribution in [0.1, 0.15) is 44.9 Å². The summed E-state index contributed by atoms with van der Waals surface area (Å²) in [5.74, 6) is -0.0723. The van der Waals surface area contributed by atoms with Gasteiger partial charge in [0.2, 0.25) is 0 Å². The standard InChI is InChI=1S/C14H24N2O2/c17-14(18)6-1-10-7-12(15-11-2-3-11)9-16(8-10)13-4-5-13/h10-13,15H,1-9H2,(H,17,18). The van der Waals surface area contributed by atoms with Gasteiger partial charge >= 0.3 is 5.97 Å². The predicted octanol–water partition coefficient (Wildman–Crippen LogP) is 1.46. The van der Waals surface area contributed by atoms with Gasteiger partial charge in [-0.1, -0.05) is 0 Å². The van der Waals surface area contributed by atoms with E-state index in [1.807, 2.05) is 0 Å². The zero-order chi connectivity index (χ0) is 12.5. The molecule has 0 bridgehead atoms. The van der Waals surface area contributed by atoms with E-state index in [2.05, 4.69) is 10.2 Å². The Hall–Kier alpha value is -0.610. The minimum absolute atomic E-state index is 0.333. The summed E-state index contributed by atoms with van der Waals surface area (Å²) in [4.78, 5) is 13.3.